The standard InChI is InChI=1S/C11H23N3O.2ClH/c1-9(12)11(15)14(3)8-10-5-4-6-13(2)7-10;;/h9-10H,4-8,12H2,1-3H3;2*1H/t9-,10?;;/m0../s1. The topological polar surface area (TPSA) is 49.6 Å². The fourth-order valence-corrected chi connectivity index (χ4v) is 2.25. The molecule has 6 heteroatoms. The van der Waals surface area contributed by atoms with E-state index in [1.807, 2.05) is 7.05 Å². The Labute approximate surface area is 117 Å². The van der Waals surface area contributed by atoms with Gasteiger partial charge in [-0.1, -0.05) is 0 Å². The van der Waals surface area contributed by atoms with Crippen LogP contribution in [0.15, 0.2) is 0 Å². The van der Waals surface area contributed by atoms with Gasteiger partial charge >= 0.3 is 0 Å². The van der Waals surface area contributed by atoms with Crippen LogP contribution in [0.5, 0.6) is 0 Å². The Kier molecular flexibility index (Phi) is 10.2. The molecule has 1 aliphatic heterocycles. The van der Waals surface area contributed by atoms with Crippen molar-refractivity contribution in [2.45, 2.75) is 25.8 Å². The highest BCUT2D eigenvalue weighted by Gasteiger charge is 2.21. The molecule has 0 radical (unpaired) electrons. The van der Waals surface area contributed by atoms with Crippen molar-refractivity contribution in [1.29, 1.82) is 0 Å². The number of rotatable bonds is 3. The van der Waals surface area contributed by atoms with Crippen molar-refractivity contribution in [2.75, 3.05) is 33.7 Å². The fraction of sp³-hybridized carbons (Fsp3) is 0.909. The van der Waals surface area contributed by atoms with Crippen molar-refractivity contribution in [3.8, 4) is 0 Å². The van der Waals surface area contributed by atoms with Gasteiger partial charge in [0.2, 0.25) is 5.91 Å². The number of amides is 1. The number of likely N-dealkylation sites (N-methyl/N-ethyl adjacent to an activating group) is 1. The normalized spacial score (nSPS) is 22.0. The Morgan fingerprint density at radius 2 is 2.12 bits per heavy atom. The Bertz CT molecular complexity index is 227. The molecular weight excluding hydrogens is 261 g/mol. The minimum atomic E-state index is -0.378. The fourth-order valence-electron chi connectivity index (χ4n) is 2.25. The number of piperidine rings is 1. The van der Waals surface area contributed by atoms with E-state index in [1.165, 1.54) is 19.4 Å². The number of halogens is 2. The molecule has 1 unspecified atom stereocenters. The van der Waals surface area contributed by atoms with E-state index >= 15 is 0 Å². The third kappa shape index (κ3) is 6.46. The summed E-state index contributed by atoms with van der Waals surface area (Å²) in [6.45, 7) is 4.86. The monoisotopic (exact) mass is 285 g/mol. The zero-order valence-corrected chi connectivity index (χ0v) is 12.5. The first-order valence-electron chi connectivity index (χ1n) is 5.69. The van der Waals surface area contributed by atoms with Crippen LogP contribution < -0.4 is 5.73 Å². The number of nitrogens with zero attached hydrogens (tertiary/aromatic N) is 2. The summed E-state index contributed by atoms with van der Waals surface area (Å²) in [4.78, 5) is 15.7. The summed E-state index contributed by atoms with van der Waals surface area (Å²) < 4.78 is 0. The maximum atomic E-state index is 11.6. The van der Waals surface area contributed by atoms with Crippen molar-refractivity contribution in [1.82, 2.24) is 9.80 Å². The summed E-state index contributed by atoms with van der Waals surface area (Å²) in [5, 5.41) is 0. The largest absolute Gasteiger partial charge is 0.344 e. The molecule has 1 fully saturated rings. The van der Waals surface area contributed by atoms with Crippen molar-refractivity contribution in [3.63, 3.8) is 0 Å². The molecule has 0 bridgehead atoms. The summed E-state index contributed by atoms with van der Waals surface area (Å²) >= 11 is 0. The van der Waals surface area contributed by atoms with Crippen LogP contribution in [0.4, 0.5) is 0 Å². The number of carbonyl (C=O) groups excluding carboxylic acids is 1. The molecule has 0 saturated carbocycles. The van der Waals surface area contributed by atoms with E-state index in [0.29, 0.717) is 5.92 Å². The predicted octanol–water partition coefficient (Wildman–Crippen LogP) is 0.977. The first-order chi connectivity index (χ1) is 7.00. The molecule has 0 aromatic carbocycles. The number of likely N-dealkylation sites (tertiary alicyclic amines) is 1. The molecule has 0 spiro atoms. The Morgan fingerprint density at radius 3 is 2.59 bits per heavy atom. The number of hydrogen-bond donors (Lipinski definition) is 1. The van der Waals surface area contributed by atoms with Gasteiger partial charge in [-0.15, -0.1) is 24.8 Å². The van der Waals surface area contributed by atoms with Gasteiger partial charge in [0.15, 0.2) is 0 Å². The van der Waals surface area contributed by atoms with E-state index in [1.54, 1.807) is 11.8 Å². The highest BCUT2D eigenvalue weighted by atomic mass is 35.5. The van der Waals surface area contributed by atoms with Crippen LogP contribution in [-0.2, 0) is 4.79 Å². The lowest BCUT2D eigenvalue weighted by atomic mass is 9.98. The van der Waals surface area contributed by atoms with Crippen molar-refractivity contribution < 1.29 is 4.79 Å². The quantitative estimate of drug-likeness (QED) is 0.841. The second-order valence-corrected chi connectivity index (χ2v) is 4.78. The zero-order chi connectivity index (χ0) is 11.4. The highest BCUT2D eigenvalue weighted by molar-refractivity contribution is 5.85. The van der Waals surface area contributed by atoms with Crippen molar-refractivity contribution >= 4 is 30.7 Å². The van der Waals surface area contributed by atoms with Gasteiger partial charge in [-0.3, -0.25) is 4.79 Å². The van der Waals surface area contributed by atoms with E-state index in [0.717, 1.165) is 13.1 Å². The van der Waals surface area contributed by atoms with Crippen LogP contribution in [0.1, 0.15) is 19.8 Å². The average Bonchev–Trinajstić information content (AvgIpc) is 2.16. The maximum absolute atomic E-state index is 11.6. The van der Waals surface area contributed by atoms with Crippen LogP contribution in [0.3, 0.4) is 0 Å². The first kappa shape index (κ1) is 19.3. The molecule has 0 aromatic rings. The van der Waals surface area contributed by atoms with Crippen LogP contribution in [0, 0.1) is 5.92 Å². The maximum Gasteiger partial charge on any atom is 0.238 e. The average molecular weight is 286 g/mol. The molecule has 2 N–H and O–H groups in total. The third-order valence-electron chi connectivity index (χ3n) is 3.02. The van der Waals surface area contributed by atoms with Gasteiger partial charge in [-0.05, 0) is 39.3 Å². The zero-order valence-electron chi connectivity index (χ0n) is 10.9. The number of carbonyl (C=O) groups is 1. The van der Waals surface area contributed by atoms with Gasteiger partial charge in [-0.2, -0.15) is 0 Å². The molecule has 1 aliphatic rings. The van der Waals surface area contributed by atoms with Gasteiger partial charge in [0.05, 0.1) is 6.04 Å². The summed E-state index contributed by atoms with van der Waals surface area (Å²) in [5.74, 6) is 0.652. The van der Waals surface area contributed by atoms with Crippen molar-refractivity contribution in [2.24, 2.45) is 11.7 Å². The van der Waals surface area contributed by atoms with Crippen LogP contribution >= 0.6 is 24.8 Å². The third-order valence-corrected chi connectivity index (χ3v) is 3.02. The molecule has 104 valence electrons. The Balaban J connectivity index is 0. The van der Waals surface area contributed by atoms with Crippen LogP contribution in [-0.4, -0.2) is 55.5 Å². The summed E-state index contributed by atoms with van der Waals surface area (Å²) in [6, 6.07) is -0.378. The lowest BCUT2D eigenvalue weighted by Crippen LogP contribution is -2.44. The molecular formula is C11H25Cl2N3O. The number of hydrogen-bond acceptors (Lipinski definition) is 3. The smallest absolute Gasteiger partial charge is 0.238 e. The minimum Gasteiger partial charge on any atom is -0.344 e. The van der Waals surface area contributed by atoms with Crippen molar-refractivity contribution in [3.05, 3.63) is 0 Å². The molecule has 1 rings (SSSR count). The molecule has 0 aliphatic carbocycles. The van der Waals surface area contributed by atoms with Gasteiger partial charge in [0.25, 0.3) is 0 Å². The first-order valence-corrected chi connectivity index (χ1v) is 5.69. The minimum absolute atomic E-state index is 0. The van der Waals surface area contributed by atoms with E-state index < -0.39 is 0 Å². The highest BCUT2D eigenvalue weighted by Crippen LogP contribution is 2.15. The molecule has 2 atom stereocenters. The van der Waals surface area contributed by atoms with E-state index in [2.05, 4.69) is 11.9 Å². The number of nitrogens with two attached hydrogens (primary N) is 1. The van der Waals surface area contributed by atoms with E-state index in [4.69, 9.17) is 5.73 Å². The molecule has 17 heavy (non-hydrogen) atoms. The second kappa shape index (κ2) is 8.97. The predicted molar refractivity (Wildman–Crippen MR) is 76.0 cm³/mol. The lowest BCUT2D eigenvalue weighted by Gasteiger charge is -2.32. The van der Waals surface area contributed by atoms with Crippen LogP contribution in [0.25, 0.3) is 0 Å². The summed E-state index contributed by atoms with van der Waals surface area (Å²) in [6.07, 6.45) is 2.46. The Morgan fingerprint density at radius 1 is 1.53 bits per heavy atom. The van der Waals surface area contributed by atoms with E-state index in [-0.39, 0.29) is 36.8 Å². The molecule has 4 nitrogen and oxygen atoms in total. The molecule has 1 saturated heterocycles. The van der Waals surface area contributed by atoms with E-state index in [9.17, 15) is 4.79 Å². The Hall–Kier alpha value is -0.0300. The molecule has 1 amide bonds. The summed E-state index contributed by atoms with van der Waals surface area (Å²) in [7, 11) is 3.99. The van der Waals surface area contributed by atoms with Gasteiger partial charge in [0.1, 0.15) is 0 Å². The molecule has 1 heterocycles. The summed E-state index contributed by atoms with van der Waals surface area (Å²) in [5.41, 5.74) is 5.57. The van der Waals surface area contributed by atoms with Crippen LogP contribution in [0.2, 0.25) is 0 Å². The SMILES string of the molecule is C[C@H](N)C(=O)N(C)CC1CCCN(C)C1.Cl.Cl. The van der Waals surface area contributed by atoms with Gasteiger partial charge in [0, 0.05) is 20.1 Å². The lowest BCUT2D eigenvalue weighted by molar-refractivity contribution is -0.131. The van der Waals surface area contributed by atoms with Gasteiger partial charge < -0.3 is 15.5 Å². The van der Waals surface area contributed by atoms with Gasteiger partial charge in [-0.25, -0.2) is 0 Å². The molecule has 0 aromatic heterocycles. The second-order valence-electron chi connectivity index (χ2n) is 4.78.